The number of likely N-dealkylation sites (N-methyl/N-ethyl adjacent to an activating group) is 1. The van der Waals surface area contributed by atoms with Crippen molar-refractivity contribution in [2.75, 3.05) is 40.4 Å². The third-order valence-corrected chi connectivity index (χ3v) is 3.84. The molecule has 0 heterocycles. The van der Waals surface area contributed by atoms with E-state index < -0.39 is 0 Å². The molecule has 0 aliphatic carbocycles. The van der Waals surface area contributed by atoms with Gasteiger partial charge in [0.25, 0.3) is 0 Å². The second-order valence-electron chi connectivity index (χ2n) is 6.06. The van der Waals surface area contributed by atoms with E-state index in [-0.39, 0.29) is 5.91 Å². The Morgan fingerprint density at radius 3 is 2.45 bits per heavy atom. The standard InChI is InChI=1S/C18H30N2O2/c1-14-11-15(2)17(16(3)12-14)7-8-19-18(21)13-20(4)9-6-10-22-5/h11-12H,6-10,13H2,1-5H3,(H,19,21). The molecule has 0 radical (unpaired) electrons. The van der Waals surface area contributed by atoms with E-state index in [9.17, 15) is 4.79 Å². The van der Waals surface area contributed by atoms with Crippen LogP contribution in [0.15, 0.2) is 12.1 Å². The molecule has 0 saturated heterocycles. The number of nitrogens with zero attached hydrogens (tertiary/aromatic N) is 1. The fraction of sp³-hybridized carbons (Fsp3) is 0.611. The summed E-state index contributed by atoms with van der Waals surface area (Å²) in [6.07, 6.45) is 1.83. The number of methoxy groups -OCH3 is 1. The summed E-state index contributed by atoms with van der Waals surface area (Å²) < 4.78 is 5.01. The largest absolute Gasteiger partial charge is 0.385 e. The molecule has 0 saturated carbocycles. The molecule has 1 aromatic carbocycles. The second-order valence-corrected chi connectivity index (χ2v) is 6.06. The van der Waals surface area contributed by atoms with Gasteiger partial charge in [-0.3, -0.25) is 9.69 Å². The number of amides is 1. The van der Waals surface area contributed by atoms with Crippen molar-refractivity contribution in [1.82, 2.24) is 10.2 Å². The van der Waals surface area contributed by atoms with Crippen molar-refractivity contribution in [3.05, 3.63) is 34.4 Å². The fourth-order valence-electron chi connectivity index (χ4n) is 2.79. The van der Waals surface area contributed by atoms with E-state index in [1.165, 1.54) is 22.3 Å². The quantitative estimate of drug-likeness (QED) is 0.711. The van der Waals surface area contributed by atoms with Crippen molar-refractivity contribution >= 4 is 5.91 Å². The summed E-state index contributed by atoms with van der Waals surface area (Å²) in [6.45, 7) is 9.13. The SMILES string of the molecule is COCCCN(C)CC(=O)NCCc1c(C)cc(C)cc1C. The first kappa shape index (κ1) is 18.7. The van der Waals surface area contributed by atoms with Crippen LogP contribution in [0.3, 0.4) is 0 Å². The molecule has 0 spiro atoms. The number of nitrogens with one attached hydrogen (secondary N) is 1. The monoisotopic (exact) mass is 306 g/mol. The number of benzene rings is 1. The molecule has 0 aliphatic heterocycles. The van der Waals surface area contributed by atoms with Crippen LogP contribution in [-0.2, 0) is 16.0 Å². The summed E-state index contributed by atoms with van der Waals surface area (Å²) in [5.41, 5.74) is 5.26. The van der Waals surface area contributed by atoms with Gasteiger partial charge in [0.15, 0.2) is 0 Å². The van der Waals surface area contributed by atoms with Gasteiger partial charge in [0.2, 0.25) is 5.91 Å². The van der Waals surface area contributed by atoms with Crippen molar-refractivity contribution in [3.63, 3.8) is 0 Å². The van der Waals surface area contributed by atoms with E-state index in [1.807, 2.05) is 11.9 Å². The number of carbonyl (C=O) groups excluding carboxylic acids is 1. The van der Waals surface area contributed by atoms with Gasteiger partial charge in [-0.25, -0.2) is 0 Å². The fourth-order valence-corrected chi connectivity index (χ4v) is 2.79. The number of aryl methyl sites for hydroxylation is 3. The van der Waals surface area contributed by atoms with Crippen molar-refractivity contribution in [1.29, 1.82) is 0 Å². The maximum atomic E-state index is 11.9. The summed E-state index contributed by atoms with van der Waals surface area (Å²) >= 11 is 0. The molecule has 1 aromatic rings. The Kier molecular flexibility index (Phi) is 8.13. The highest BCUT2D eigenvalue weighted by Crippen LogP contribution is 2.16. The Morgan fingerprint density at radius 2 is 1.86 bits per heavy atom. The van der Waals surface area contributed by atoms with Crippen molar-refractivity contribution in [2.24, 2.45) is 0 Å². The van der Waals surface area contributed by atoms with E-state index in [1.54, 1.807) is 7.11 Å². The van der Waals surface area contributed by atoms with Crippen molar-refractivity contribution < 1.29 is 9.53 Å². The third kappa shape index (κ3) is 6.58. The summed E-state index contributed by atoms with van der Waals surface area (Å²) in [4.78, 5) is 13.9. The van der Waals surface area contributed by atoms with E-state index in [4.69, 9.17) is 4.74 Å². The lowest BCUT2D eigenvalue weighted by Crippen LogP contribution is -2.36. The molecule has 0 bridgehead atoms. The summed E-state index contributed by atoms with van der Waals surface area (Å²) in [7, 11) is 3.66. The molecule has 4 heteroatoms. The average Bonchev–Trinajstić information content (AvgIpc) is 2.41. The first-order valence-corrected chi connectivity index (χ1v) is 7.95. The molecule has 1 amide bonds. The molecular weight excluding hydrogens is 276 g/mol. The van der Waals surface area contributed by atoms with Crippen LogP contribution in [0.25, 0.3) is 0 Å². The lowest BCUT2D eigenvalue weighted by atomic mass is 9.97. The van der Waals surface area contributed by atoms with Crippen LogP contribution >= 0.6 is 0 Å². The van der Waals surface area contributed by atoms with Crippen LogP contribution in [0.1, 0.15) is 28.7 Å². The number of hydrogen-bond donors (Lipinski definition) is 1. The third-order valence-electron chi connectivity index (χ3n) is 3.84. The van der Waals surface area contributed by atoms with Crippen LogP contribution in [0.5, 0.6) is 0 Å². The highest BCUT2D eigenvalue weighted by atomic mass is 16.5. The van der Waals surface area contributed by atoms with Gasteiger partial charge in [0.1, 0.15) is 0 Å². The molecule has 0 atom stereocenters. The minimum Gasteiger partial charge on any atom is -0.385 e. The number of rotatable bonds is 9. The van der Waals surface area contributed by atoms with E-state index in [0.29, 0.717) is 13.1 Å². The van der Waals surface area contributed by atoms with Crippen molar-refractivity contribution in [3.8, 4) is 0 Å². The van der Waals surface area contributed by atoms with Crippen molar-refractivity contribution in [2.45, 2.75) is 33.6 Å². The topological polar surface area (TPSA) is 41.6 Å². The van der Waals surface area contributed by atoms with Gasteiger partial charge in [-0.05, 0) is 57.4 Å². The molecule has 0 aliphatic rings. The second kappa shape index (κ2) is 9.59. The molecule has 22 heavy (non-hydrogen) atoms. The van der Waals surface area contributed by atoms with Crippen LogP contribution in [0.4, 0.5) is 0 Å². The zero-order valence-corrected chi connectivity index (χ0v) is 14.7. The number of ether oxygens (including phenoxy) is 1. The normalized spacial score (nSPS) is 11.0. The highest BCUT2D eigenvalue weighted by molar-refractivity contribution is 5.77. The average molecular weight is 306 g/mol. The van der Waals surface area contributed by atoms with Gasteiger partial charge >= 0.3 is 0 Å². The first-order valence-electron chi connectivity index (χ1n) is 7.95. The summed E-state index contributed by atoms with van der Waals surface area (Å²) in [5, 5.41) is 3.01. The minimum absolute atomic E-state index is 0.0855. The molecule has 1 N–H and O–H groups in total. The summed E-state index contributed by atoms with van der Waals surface area (Å²) in [6, 6.07) is 4.40. The Labute approximate surface area is 134 Å². The van der Waals surface area contributed by atoms with E-state index in [0.717, 1.165) is 26.0 Å². The molecule has 0 aromatic heterocycles. The lowest BCUT2D eigenvalue weighted by Gasteiger charge is -2.16. The van der Waals surface area contributed by atoms with Gasteiger partial charge in [-0.15, -0.1) is 0 Å². The molecule has 124 valence electrons. The van der Waals surface area contributed by atoms with Gasteiger partial charge in [0, 0.05) is 26.8 Å². The van der Waals surface area contributed by atoms with Crippen LogP contribution < -0.4 is 5.32 Å². The predicted molar refractivity (Wildman–Crippen MR) is 91.4 cm³/mol. The van der Waals surface area contributed by atoms with Crippen LogP contribution in [0, 0.1) is 20.8 Å². The van der Waals surface area contributed by atoms with E-state index >= 15 is 0 Å². The van der Waals surface area contributed by atoms with Crippen LogP contribution in [-0.4, -0.2) is 51.2 Å². The van der Waals surface area contributed by atoms with Gasteiger partial charge in [-0.2, -0.15) is 0 Å². The predicted octanol–water partition coefficient (Wildman–Crippen LogP) is 2.24. The van der Waals surface area contributed by atoms with Crippen LogP contribution in [0.2, 0.25) is 0 Å². The Hall–Kier alpha value is -1.39. The minimum atomic E-state index is 0.0855. The molecular formula is C18H30N2O2. The van der Waals surface area contributed by atoms with Gasteiger partial charge in [0.05, 0.1) is 6.54 Å². The maximum absolute atomic E-state index is 11.9. The molecule has 4 nitrogen and oxygen atoms in total. The Bertz CT molecular complexity index is 463. The zero-order valence-electron chi connectivity index (χ0n) is 14.7. The molecule has 1 rings (SSSR count). The Morgan fingerprint density at radius 1 is 1.23 bits per heavy atom. The molecule has 0 fully saturated rings. The van der Waals surface area contributed by atoms with E-state index in [2.05, 4.69) is 38.2 Å². The maximum Gasteiger partial charge on any atom is 0.234 e. The number of carbonyl (C=O) groups is 1. The molecule has 0 unspecified atom stereocenters. The summed E-state index contributed by atoms with van der Waals surface area (Å²) in [5.74, 6) is 0.0855. The van der Waals surface area contributed by atoms with Gasteiger partial charge < -0.3 is 10.1 Å². The van der Waals surface area contributed by atoms with Gasteiger partial charge in [-0.1, -0.05) is 17.7 Å². The highest BCUT2D eigenvalue weighted by Gasteiger charge is 2.07. The first-order chi connectivity index (χ1) is 10.4. The Balaban J connectivity index is 2.33. The zero-order chi connectivity index (χ0) is 16.5. The smallest absolute Gasteiger partial charge is 0.234 e. The lowest BCUT2D eigenvalue weighted by molar-refractivity contribution is -0.121. The number of hydrogen-bond acceptors (Lipinski definition) is 3.